The zero-order valence-corrected chi connectivity index (χ0v) is 11.1. The number of nitrogens with zero attached hydrogens (tertiary/aromatic N) is 1. The molecule has 94 valence electrons. The lowest BCUT2D eigenvalue weighted by atomic mass is 10.2. The normalized spacial score (nSPS) is 10.6. The number of alkyl halides is 1. The van der Waals surface area contributed by atoms with E-state index in [-0.39, 0.29) is 0 Å². The first kappa shape index (κ1) is 12.0. The summed E-state index contributed by atoms with van der Waals surface area (Å²) >= 11 is 5.84. The molecular formula is C16H13ClN2. The number of anilines is 2. The van der Waals surface area contributed by atoms with Crippen molar-refractivity contribution in [2.45, 2.75) is 5.88 Å². The van der Waals surface area contributed by atoms with E-state index in [9.17, 15) is 0 Å². The second kappa shape index (κ2) is 5.29. The van der Waals surface area contributed by atoms with Crippen molar-refractivity contribution >= 4 is 34.0 Å². The van der Waals surface area contributed by atoms with Crippen LogP contribution in [0.15, 0.2) is 60.7 Å². The maximum Gasteiger partial charge on any atom is 0.131 e. The zero-order chi connectivity index (χ0) is 13.1. The van der Waals surface area contributed by atoms with E-state index in [0.717, 1.165) is 28.0 Å². The van der Waals surface area contributed by atoms with Gasteiger partial charge in [0.25, 0.3) is 0 Å². The molecular weight excluding hydrogens is 256 g/mol. The van der Waals surface area contributed by atoms with Crippen molar-refractivity contribution in [2.75, 3.05) is 5.32 Å². The Morgan fingerprint density at radius 2 is 1.84 bits per heavy atom. The van der Waals surface area contributed by atoms with Crippen molar-refractivity contribution < 1.29 is 0 Å². The van der Waals surface area contributed by atoms with Crippen molar-refractivity contribution in [2.24, 2.45) is 0 Å². The van der Waals surface area contributed by atoms with Crippen molar-refractivity contribution in [3.05, 3.63) is 66.2 Å². The number of halogens is 1. The predicted octanol–water partition coefficient (Wildman–Crippen LogP) is 4.72. The minimum atomic E-state index is 0.515. The van der Waals surface area contributed by atoms with Crippen LogP contribution < -0.4 is 5.32 Å². The highest BCUT2D eigenvalue weighted by molar-refractivity contribution is 6.17. The Bertz CT molecular complexity index is 710. The molecule has 0 atom stereocenters. The molecule has 0 fully saturated rings. The number of rotatable bonds is 3. The van der Waals surface area contributed by atoms with Gasteiger partial charge in [-0.25, -0.2) is 4.98 Å². The molecule has 1 heterocycles. The fraction of sp³-hybridized carbons (Fsp3) is 0.0625. The smallest absolute Gasteiger partial charge is 0.131 e. The monoisotopic (exact) mass is 268 g/mol. The van der Waals surface area contributed by atoms with E-state index >= 15 is 0 Å². The van der Waals surface area contributed by atoms with E-state index in [2.05, 4.69) is 22.4 Å². The maximum absolute atomic E-state index is 5.84. The molecule has 0 spiro atoms. The molecule has 0 bridgehead atoms. The van der Waals surface area contributed by atoms with E-state index in [1.54, 1.807) is 0 Å². The first-order valence-corrected chi connectivity index (χ1v) is 6.66. The van der Waals surface area contributed by atoms with Gasteiger partial charge in [-0.2, -0.15) is 0 Å². The lowest BCUT2D eigenvalue weighted by molar-refractivity contribution is 1.35. The van der Waals surface area contributed by atoms with E-state index in [4.69, 9.17) is 11.6 Å². The van der Waals surface area contributed by atoms with Crippen molar-refractivity contribution in [1.29, 1.82) is 0 Å². The third-order valence-electron chi connectivity index (χ3n) is 2.95. The van der Waals surface area contributed by atoms with Crippen LogP contribution in [0.25, 0.3) is 10.9 Å². The van der Waals surface area contributed by atoms with Crippen LogP contribution in [0.3, 0.4) is 0 Å². The summed E-state index contributed by atoms with van der Waals surface area (Å²) in [4.78, 5) is 4.58. The number of benzene rings is 2. The van der Waals surface area contributed by atoms with Crippen LogP contribution in [0.1, 0.15) is 5.56 Å². The summed E-state index contributed by atoms with van der Waals surface area (Å²) < 4.78 is 0. The van der Waals surface area contributed by atoms with E-state index in [1.807, 2.05) is 48.5 Å². The predicted molar refractivity (Wildman–Crippen MR) is 81.0 cm³/mol. The first-order chi connectivity index (χ1) is 9.35. The van der Waals surface area contributed by atoms with Crippen LogP contribution in [-0.4, -0.2) is 4.98 Å². The number of fused-ring (bicyclic) bond motifs is 1. The third-order valence-corrected chi connectivity index (χ3v) is 3.26. The molecule has 0 aliphatic heterocycles. The Labute approximate surface area is 117 Å². The molecule has 0 aliphatic rings. The van der Waals surface area contributed by atoms with E-state index in [0.29, 0.717) is 5.88 Å². The van der Waals surface area contributed by atoms with Gasteiger partial charge < -0.3 is 5.32 Å². The van der Waals surface area contributed by atoms with Crippen LogP contribution in [-0.2, 0) is 5.88 Å². The lowest BCUT2D eigenvalue weighted by Crippen LogP contribution is -1.94. The average molecular weight is 269 g/mol. The van der Waals surface area contributed by atoms with Crippen LogP contribution in [0, 0.1) is 0 Å². The molecule has 0 amide bonds. The highest BCUT2D eigenvalue weighted by Gasteiger charge is 1.99. The molecule has 1 N–H and O–H groups in total. The Kier molecular flexibility index (Phi) is 3.34. The maximum atomic E-state index is 5.84. The van der Waals surface area contributed by atoms with Gasteiger partial charge in [-0.15, -0.1) is 11.6 Å². The standard InChI is InChI=1S/C16H13ClN2/c17-11-12-4-3-6-14(10-12)18-16-9-8-13-5-1-2-7-15(13)19-16/h1-10H,11H2,(H,18,19). The molecule has 2 aromatic carbocycles. The molecule has 0 aliphatic carbocycles. The van der Waals surface area contributed by atoms with Crippen molar-refractivity contribution in [3.63, 3.8) is 0 Å². The average Bonchev–Trinajstić information content (AvgIpc) is 2.47. The lowest BCUT2D eigenvalue weighted by Gasteiger charge is -2.07. The zero-order valence-electron chi connectivity index (χ0n) is 10.3. The summed E-state index contributed by atoms with van der Waals surface area (Å²) in [5.41, 5.74) is 3.08. The highest BCUT2D eigenvalue weighted by Crippen LogP contribution is 2.20. The molecule has 0 saturated heterocycles. The van der Waals surface area contributed by atoms with Gasteiger partial charge in [0.05, 0.1) is 5.52 Å². The summed E-state index contributed by atoms with van der Waals surface area (Å²) in [6.45, 7) is 0. The van der Waals surface area contributed by atoms with Crippen molar-refractivity contribution in [1.82, 2.24) is 4.98 Å². The Balaban J connectivity index is 1.92. The van der Waals surface area contributed by atoms with E-state index in [1.165, 1.54) is 0 Å². The van der Waals surface area contributed by atoms with Gasteiger partial charge >= 0.3 is 0 Å². The molecule has 19 heavy (non-hydrogen) atoms. The molecule has 0 saturated carbocycles. The number of aromatic nitrogens is 1. The van der Waals surface area contributed by atoms with Crippen molar-refractivity contribution in [3.8, 4) is 0 Å². The van der Waals surface area contributed by atoms with Gasteiger partial charge in [0, 0.05) is 17.0 Å². The molecule has 2 nitrogen and oxygen atoms in total. The highest BCUT2D eigenvalue weighted by atomic mass is 35.5. The van der Waals surface area contributed by atoms with Crippen LogP contribution in [0.2, 0.25) is 0 Å². The second-order valence-electron chi connectivity index (χ2n) is 4.35. The Morgan fingerprint density at radius 3 is 2.74 bits per heavy atom. The van der Waals surface area contributed by atoms with E-state index < -0.39 is 0 Å². The summed E-state index contributed by atoms with van der Waals surface area (Å²) in [5, 5.41) is 4.44. The minimum Gasteiger partial charge on any atom is -0.340 e. The summed E-state index contributed by atoms with van der Waals surface area (Å²) in [7, 11) is 0. The largest absolute Gasteiger partial charge is 0.340 e. The van der Waals surface area contributed by atoms with Crippen LogP contribution in [0.4, 0.5) is 11.5 Å². The Hall–Kier alpha value is -2.06. The van der Waals surface area contributed by atoms with Gasteiger partial charge in [-0.1, -0.05) is 30.3 Å². The SMILES string of the molecule is ClCc1cccc(Nc2ccc3ccccc3n2)c1. The number of pyridine rings is 1. The number of hydrogen-bond acceptors (Lipinski definition) is 2. The van der Waals surface area contributed by atoms with Gasteiger partial charge in [-0.3, -0.25) is 0 Å². The molecule has 3 rings (SSSR count). The summed E-state index contributed by atoms with van der Waals surface area (Å²) in [5.74, 6) is 1.35. The fourth-order valence-corrected chi connectivity index (χ4v) is 2.18. The summed E-state index contributed by atoms with van der Waals surface area (Å²) in [6, 6.07) is 20.2. The fourth-order valence-electron chi connectivity index (χ4n) is 2.02. The number of nitrogens with one attached hydrogen (secondary N) is 1. The topological polar surface area (TPSA) is 24.9 Å². The third kappa shape index (κ3) is 2.69. The molecule has 3 aromatic rings. The minimum absolute atomic E-state index is 0.515. The molecule has 0 unspecified atom stereocenters. The molecule has 1 aromatic heterocycles. The second-order valence-corrected chi connectivity index (χ2v) is 4.62. The quantitative estimate of drug-likeness (QED) is 0.696. The summed E-state index contributed by atoms with van der Waals surface area (Å²) in [6.07, 6.45) is 0. The van der Waals surface area contributed by atoms with Gasteiger partial charge in [0.1, 0.15) is 5.82 Å². The Morgan fingerprint density at radius 1 is 0.947 bits per heavy atom. The van der Waals surface area contributed by atoms with Gasteiger partial charge in [-0.05, 0) is 35.9 Å². The van der Waals surface area contributed by atoms with Crippen LogP contribution in [0.5, 0.6) is 0 Å². The van der Waals surface area contributed by atoms with Gasteiger partial charge in [0.15, 0.2) is 0 Å². The van der Waals surface area contributed by atoms with Crippen LogP contribution >= 0.6 is 11.6 Å². The van der Waals surface area contributed by atoms with Gasteiger partial charge in [0.2, 0.25) is 0 Å². The molecule has 0 radical (unpaired) electrons. The number of hydrogen-bond donors (Lipinski definition) is 1. The first-order valence-electron chi connectivity index (χ1n) is 6.13. The molecule has 3 heteroatoms. The number of para-hydroxylation sites is 1.